The molecule has 0 saturated heterocycles. The van der Waals surface area contributed by atoms with Gasteiger partial charge in [-0.25, -0.2) is 8.78 Å². The average Bonchev–Trinajstić information content (AvgIpc) is 2.62. The number of hydrogen-bond donors (Lipinski definition) is 0. The maximum Gasteiger partial charge on any atom is 0.259 e. The summed E-state index contributed by atoms with van der Waals surface area (Å²) in [6, 6.07) is 4.77. The standard InChI is InChI=1S/C20H17F2N3O3/c1-11-8-23-17(13(3)26)7-19(11)25-12(2)4-15(6-20(25)27)28-10-18-16(22)5-14(21)9-24-18/h4-9H,10H2,1-3H3/i10D. The topological polar surface area (TPSA) is 74.1 Å². The van der Waals surface area contributed by atoms with Crippen LogP contribution in [0.2, 0.25) is 0 Å². The van der Waals surface area contributed by atoms with Gasteiger partial charge >= 0.3 is 0 Å². The second kappa shape index (κ2) is 7.67. The first-order chi connectivity index (χ1) is 13.7. The minimum atomic E-state index is -1.59. The lowest BCUT2D eigenvalue weighted by Crippen LogP contribution is -2.21. The van der Waals surface area contributed by atoms with Crippen molar-refractivity contribution in [2.24, 2.45) is 0 Å². The lowest BCUT2D eigenvalue weighted by atomic mass is 10.1. The molecule has 0 N–H and O–H groups in total. The highest BCUT2D eigenvalue weighted by atomic mass is 19.1. The summed E-state index contributed by atoms with van der Waals surface area (Å²) in [5.74, 6) is -2.08. The van der Waals surface area contributed by atoms with Crippen molar-refractivity contribution in [3.05, 3.63) is 81.3 Å². The first-order valence-electron chi connectivity index (χ1n) is 8.86. The fourth-order valence-corrected chi connectivity index (χ4v) is 2.63. The number of carbonyl (C=O) groups is 1. The Morgan fingerprint density at radius 1 is 1.18 bits per heavy atom. The summed E-state index contributed by atoms with van der Waals surface area (Å²) >= 11 is 0. The number of halogens is 2. The number of pyridine rings is 3. The smallest absolute Gasteiger partial charge is 0.259 e. The van der Waals surface area contributed by atoms with Crippen molar-refractivity contribution in [3.8, 4) is 11.4 Å². The number of aryl methyl sites for hydroxylation is 2. The van der Waals surface area contributed by atoms with Crippen LogP contribution in [-0.4, -0.2) is 20.3 Å². The Bertz CT molecular complexity index is 1160. The van der Waals surface area contributed by atoms with Crippen molar-refractivity contribution in [2.45, 2.75) is 27.4 Å². The van der Waals surface area contributed by atoms with E-state index in [-0.39, 0.29) is 17.2 Å². The molecule has 0 aliphatic rings. The molecule has 0 amide bonds. The number of ketones is 1. The van der Waals surface area contributed by atoms with Gasteiger partial charge in [-0.1, -0.05) is 0 Å². The Morgan fingerprint density at radius 3 is 2.57 bits per heavy atom. The lowest BCUT2D eigenvalue weighted by molar-refractivity contribution is 0.101. The van der Waals surface area contributed by atoms with Crippen LogP contribution in [0.5, 0.6) is 5.75 Å². The van der Waals surface area contributed by atoms with Crippen LogP contribution >= 0.6 is 0 Å². The Kier molecular flexibility index (Phi) is 4.92. The number of carbonyl (C=O) groups excluding carboxylic acids is 1. The van der Waals surface area contributed by atoms with Crippen LogP contribution in [0, 0.1) is 25.5 Å². The largest absolute Gasteiger partial charge is 0.487 e. The van der Waals surface area contributed by atoms with Gasteiger partial charge in [-0.3, -0.25) is 24.1 Å². The summed E-state index contributed by atoms with van der Waals surface area (Å²) in [6.07, 6.45) is 2.29. The van der Waals surface area contributed by atoms with E-state index in [2.05, 4.69) is 9.97 Å². The zero-order valence-electron chi connectivity index (χ0n) is 16.4. The molecule has 1 unspecified atom stereocenters. The molecule has 3 heterocycles. The Labute approximate surface area is 160 Å². The molecule has 0 bridgehead atoms. The van der Waals surface area contributed by atoms with Crippen LogP contribution in [0.1, 0.15) is 35.7 Å². The third kappa shape index (κ3) is 3.95. The van der Waals surface area contributed by atoms with Gasteiger partial charge in [0.15, 0.2) is 11.6 Å². The van der Waals surface area contributed by atoms with Crippen molar-refractivity contribution >= 4 is 5.78 Å². The van der Waals surface area contributed by atoms with Gasteiger partial charge in [0.25, 0.3) is 5.56 Å². The SMILES string of the molecule is [2H]C(Oc1cc(C)n(-c2cc(C(C)=O)ncc2C)c(=O)c1)c1ncc(F)cc1F. The highest BCUT2D eigenvalue weighted by Gasteiger charge is 2.13. The molecular formula is C20H17F2N3O3. The van der Waals surface area contributed by atoms with E-state index in [1.807, 2.05) is 0 Å². The molecule has 144 valence electrons. The molecule has 0 aliphatic heterocycles. The Morgan fingerprint density at radius 2 is 1.93 bits per heavy atom. The molecule has 0 radical (unpaired) electrons. The maximum absolute atomic E-state index is 13.8. The van der Waals surface area contributed by atoms with Crippen molar-refractivity contribution in [1.29, 1.82) is 0 Å². The number of ether oxygens (including phenoxy) is 1. The highest BCUT2D eigenvalue weighted by Crippen LogP contribution is 2.19. The molecule has 0 spiro atoms. The van der Waals surface area contributed by atoms with Crippen LogP contribution in [-0.2, 0) is 6.58 Å². The van der Waals surface area contributed by atoms with Crippen LogP contribution < -0.4 is 10.3 Å². The van der Waals surface area contributed by atoms with E-state index in [9.17, 15) is 18.4 Å². The van der Waals surface area contributed by atoms with Crippen molar-refractivity contribution < 1.29 is 19.7 Å². The van der Waals surface area contributed by atoms with Gasteiger partial charge in [0.1, 0.15) is 29.5 Å². The molecule has 3 aromatic rings. The van der Waals surface area contributed by atoms with Gasteiger partial charge in [-0.2, -0.15) is 0 Å². The second-order valence-electron chi connectivity index (χ2n) is 6.17. The van der Waals surface area contributed by atoms with Crippen LogP contribution in [0.3, 0.4) is 0 Å². The summed E-state index contributed by atoms with van der Waals surface area (Å²) < 4.78 is 41.4. The average molecular weight is 386 g/mol. The molecular weight excluding hydrogens is 368 g/mol. The van der Waals surface area contributed by atoms with Gasteiger partial charge in [-0.15, -0.1) is 0 Å². The van der Waals surface area contributed by atoms with E-state index in [0.29, 0.717) is 23.0 Å². The summed E-state index contributed by atoms with van der Waals surface area (Å²) in [4.78, 5) is 31.9. The molecule has 3 rings (SSSR count). The maximum atomic E-state index is 13.8. The van der Waals surface area contributed by atoms with Gasteiger partial charge in [-0.05, 0) is 25.5 Å². The molecule has 0 saturated carbocycles. The van der Waals surface area contributed by atoms with Gasteiger partial charge in [0, 0.05) is 37.0 Å². The lowest BCUT2D eigenvalue weighted by Gasteiger charge is -2.15. The summed E-state index contributed by atoms with van der Waals surface area (Å²) in [6.45, 7) is 3.20. The predicted octanol–water partition coefficient (Wildman–Crippen LogP) is 3.30. The molecule has 6 nitrogen and oxygen atoms in total. The van der Waals surface area contributed by atoms with E-state index in [4.69, 9.17) is 6.11 Å². The van der Waals surface area contributed by atoms with Gasteiger partial charge in [0.05, 0.1) is 13.3 Å². The number of hydrogen-bond acceptors (Lipinski definition) is 5. The number of rotatable bonds is 5. The predicted molar refractivity (Wildman–Crippen MR) is 97.8 cm³/mol. The first-order valence-corrected chi connectivity index (χ1v) is 8.29. The molecule has 0 aliphatic carbocycles. The van der Waals surface area contributed by atoms with E-state index in [1.54, 1.807) is 13.8 Å². The van der Waals surface area contributed by atoms with E-state index >= 15 is 0 Å². The Hall–Kier alpha value is -3.42. The molecule has 8 heteroatoms. The molecule has 0 aromatic carbocycles. The summed E-state index contributed by atoms with van der Waals surface area (Å²) in [7, 11) is 0. The molecule has 3 aromatic heterocycles. The summed E-state index contributed by atoms with van der Waals surface area (Å²) in [5.41, 5.74) is 1.00. The minimum absolute atomic E-state index is 0.0350. The van der Waals surface area contributed by atoms with Crippen molar-refractivity contribution in [3.63, 3.8) is 0 Å². The van der Waals surface area contributed by atoms with E-state index in [0.717, 1.165) is 12.3 Å². The monoisotopic (exact) mass is 386 g/mol. The van der Waals surface area contributed by atoms with Gasteiger partial charge in [0.2, 0.25) is 0 Å². The molecule has 0 fully saturated rings. The third-order valence-electron chi connectivity index (χ3n) is 4.01. The zero-order valence-corrected chi connectivity index (χ0v) is 15.4. The first kappa shape index (κ1) is 18.0. The van der Waals surface area contributed by atoms with Crippen LogP contribution in [0.25, 0.3) is 5.69 Å². The molecule has 28 heavy (non-hydrogen) atoms. The quantitative estimate of drug-likeness (QED) is 0.629. The van der Waals surface area contributed by atoms with Crippen LogP contribution in [0.15, 0.2) is 41.5 Å². The van der Waals surface area contributed by atoms with Crippen molar-refractivity contribution in [2.75, 3.05) is 0 Å². The number of Topliss-reactive ketones (excluding diaryl/α,β-unsaturated/α-hetero) is 1. The molecule has 1 atom stereocenters. The fraction of sp³-hybridized carbons (Fsp3) is 0.200. The zero-order chi connectivity index (χ0) is 21.3. The Balaban J connectivity index is 1.97. The minimum Gasteiger partial charge on any atom is -0.487 e. The highest BCUT2D eigenvalue weighted by molar-refractivity contribution is 5.92. The summed E-state index contributed by atoms with van der Waals surface area (Å²) in [5, 5.41) is 0. The van der Waals surface area contributed by atoms with E-state index in [1.165, 1.54) is 29.8 Å². The van der Waals surface area contributed by atoms with Crippen molar-refractivity contribution in [1.82, 2.24) is 14.5 Å². The third-order valence-corrected chi connectivity index (χ3v) is 4.01. The fourth-order valence-electron chi connectivity index (χ4n) is 2.63. The number of aromatic nitrogens is 3. The normalized spacial score (nSPS) is 12.4. The second-order valence-corrected chi connectivity index (χ2v) is 6.17. The van der Waals surface area contributed by atoms with E-state index < -0.39 is 29.5 Å². The van der Waals surface area contributed by atoms with Crippen LogP contribution in [0.4, 0.5) is 8.78 Å². The van der Waals surface area contributed by atoms with Gasteiger partial charge < -0.3 is 4.74 Å². The number of nitrogens with zero attached hydrogens (tertiary/aromatic N) is 3.